The minimum absolute atomic E-state index is 0.206. The summed E-state index contributed by atoms with van der Waals surface area (Å²) in [6.07, 6.45) is 2.41. The number of hydrogen-bond donors (Lipinski definition) is 1. The van der Waals surface area contributed by atoms with Gasteiger partial charge in [0.05, 0.1) is 11.6 Å². The molecular formula is C11H12FNO. The summed E-state index contributed by atoms with van der Waals surface area (Å²) < 4.78 is 18.7. The first-order valence-electron chi connectivity index (χ1n) is 4.62. The molecule has 0 bridgehead atoms. The average molecular weight is 193 g/mol. The molecule has 0 saturated carbocycles. The van der Waals surface area contributed by atoms with Gasteiger partial charge in [-0.05, 0) is 32.1 Å². The highest BCUT2D eigenvalue weighted by Gasteiger charge is 2.09. The highest BCUT2D eigenvalue weighted by molar-refractivity contribution is 5.81. The number of furan rings is 1. The third-order valence-electron chi connectivity index (χ3n) is 2.27. The Morgan fingerprint density at radius 2 is 2.29 bits per heavy atom. The summed E-state index contributed by atoms with van der Waals surface area (Å²) in [6, 6.07) is 4.89. The molecule has 0 aliphatic rings. The second-order valence-corrected chi connectivity index (χ2v) is 3.23. The lowest BCUT2D eigenvalue weighted by atomic mass is 10.1. The fourth-order valence-electron chi connectivity index (χ4n) is 1.55. The summed E-state index contributed by atoms with van der Waals surface area (Å²) in [5.74, 6) is -0.206. The van der Waals surface area contributed by atoms with Gasteiger partial charge < -0.3 is 9.73 Å². The van der Waals surface area contributed by atoms with E-state index in [1.165, 1.54) is 6.07 Å². The van der Waals surface area contributed by atoms with Crippen LogP contribution in [0.5, 0.6) is 0 Å². The van der Waals surface area contributed by atoms with Crippen molar-refractivity contribution in [1.82, 2.24) is 5.32 Å². The molecule has 0 amide bonds. The van der Waals surface area contributed by atoms with Crippen LogP contribution in [0, 0.1) is 5.82 Å². The smallest absolute Gasteiger partial charge is 0.137 e. The predicted molar refractivity (Wildman–Crippen MR) is 53.8 cm³/mol. The van der Waals surface area contributed by atoms with Crippen LogP contribution in [-0.4, -0.2) is 13.6 Å². The number of fused-ring (bicyclic) bond motifs is 1. The molecule has 2 nitrogen and oxygen atoms in total. The molecule has 0 aliphatic heterocycles. The van der Waals surface area contributed by atoms with E-state index in [4.69, 9.17) is 4.42 Å². The number of halogens is 1. The fraction of sp³-hybridized carbons (Fsp3) is 0.273. The van der Waals surface area contributed by atoms with Gasteiger partial charge in [0.15, 0.2) is 0 Å². The second-order valence-electron chi connectivity index (χ2n) is 3.23. The molecule has 2 rings (SSSR count). The number of rotatable bonds is 3. The van der Waals surface area contributed by atoms with E-state index in [1.807, 2.05) is 7.05 Å². The van der Waals surface area contributed by atoms with Gasteiger partial charge in [-0.1, -0.05) is 6.07 Å². The molecular weight excluding hydrogens is 181 g/mol. The van der Waals surface area contributed by atoms with E-state index in [1.54, 1.807) is 18.4 Å². The first-order valence-corrected chi connectivity index (χ1v) is 4.62. The SMILES string of the molecule is CNCCc1coc2cccc(F)c12. The number of benzene rings is 1. The number of nitrogens with one attached hydrogen (secondary N) is 1. The molecule has 2 aromatic rings. The normalized spacial score (nSPS) is 11.0. The topological polar surface area (TPSA) is 25.2 Å². The van der Waals surface area contributed by atoms with Gasteiger partial charge in [0.25, 0.3) is 0 Å². The molecule has 14 heavy (non-hydrogen) atoms. The molecule has 74 valence electrons. The lowest BCUT2D eigenvalue weighted by Gasteiger charge is -1.97. The molecule has 0 atom stereocenters. The minimum atomic E-state index is -0.206. The molecule has 0 aliphatic carbocycles. The Morgan fingerprint density at radius 3 is 3.07 bits per heavy atom. The summed E-state index contributed by atoms with van der Waals surface area (Å²) in [5, 5.41) is 3.64. The van der Waals surface area contributed by atoms with E-state index in [9.17, 15) is 4.39 Å². The van der Waals surface area contributed by atoms with Gasteiger partial charge in [-0.15, -0.1) is 0 Å². The lowest BCUT2D eigenvalue weighted by molar-refractivity contribution is 0.606. The Labute approximate surface area is 81.7 Å². The van der Waals surface area contributed by atoms with Crippen LogP contribution < -0.4 is 5.32 Å². The van der Waals surface area contributed by atoms with Crippen molar-refractivity contribution in [3.63, 3.8) is 0 Å². The van der Waals surface area contributed by atoms with Crippen molar-refractivity contribution in [2.45, 2.75) is 6.42 Å². The maximum absolute atomic E-state index is 13.4. The Kier molecular flexibility index (Phi) is 2.50. The van der Waals surface area contributed by atoms with Gasteiger partial charge in [-0.2, -0.15) is 0 Å². The number of likely N-dealkylation sites (N-methyl/N-ethyl adjacent to an activating group) is 1. The van der Waals surface area contributed by atoms with Crippen LogP contribution in [0.2, 0.25) is 0 Å². The molecule has 1 aromatic heterocycles. The van der Waals surface area contributed by atoms with Crippen LogP contribution in [0.3, 0.4) is 0 Å². The monoisotopic (exact) mass is 193 g/mol. The Bertz CT molecular complexity index is 436. The van der Waals surface area contributed by atoms with Crippen molar-refractivity contribution in [3.8, 4) is 0 Å². The van der Waals surface area contributed by atoms with E-state index in [2.05, 4.69) is 5.32 Å². The highest BCUT2D eigenvalue weighted by atomic mass is 19.1. The second kappa shape index (κ2) is 3.80. The van der Waals surface area contributed by atoms with Crippen LogP contribution >= 0.6 is 0 Å². The van der Waals surface area contributed by atoms with Gasteiger partial charge in [-0.25, -0.2) is 4.39 Å². The summed E-state index contributed by atoms with van der Waals surface area (Å²) in [6.45, 7) is 0.822. The fourth-order valence-corrected chi connectivity index (χ4v) is 1.55. The number of hydrogen-bond acceptors (Lipinski definition) is 2. The van der Waals surface area contributed by atoms with Gasteiger partial charge in [-0.3, -0.25) is 0 Å². The minimum Gasteiger partial charge on any atom is -0.464 e. The zero-order chi connectivity index (χ0) is 9.97. The molecule has 0 radical (unpaired) electrons. The van der Waals surface area contributed by atoms with Crippen molar-refractivity contribution in [3.05, 3.63) is 35.8 Å². The van der Waals surface area contributed by atoms with Crippen LogP contribution in [0.1, 0.15) is 5.56 Å². The van der Waals surface area contributed by atoms with E-state index < -0.39 is 0 Å². The van der Waals surface area contributed by atoms with Crippen LogP contribution in [0.15, 0.2) is 28.9 Å². The molecule has 3 heteroatoms. The molecule has 0 fully saturated rings. The molecule has 0 unspecified atom stereocenters. The maximum atomic E-state index is 13.4. The Hall–Kier alpha value is -1.35. The summed E-state index contributed by atoms with van der Waals surface area (Å²) in [7, 11) is 1.87. The van der Waals surface area contributed by atoms with Crippen molar-refractivity contribution in [1.29, 1.82) is 0 Å². The Balaban J connectivity index is 2.45. The van der Waals surface area contributed by atoms with Crippen molar-refractivity contribution >= 4 is 11.0 Å². The van der Waals surface area contributed by atoms with Gasteiger partial charge >= 0.3 is 0 Å². The van der Waals surface area contributed by atoms with Crippen molar-refractivity contribution < 1.29 is 8.81 Å². The average Bonchev–Trinajstić information content (AvgIpc) is 2.59. The Morgan fingerprint density at radius 1 is 1.43 bits per heavy atom. The van der Waals surface area contributed by atoms with Gasteiger partial charge in [0, 0.05) is 5.56 Å². The zero-order valence-electron chi connectivity index (χ0n) is 8.01. The van der Waals surface area contributed by atoms with Crippen LogP contribution in [0.4, 0.5) is 4.39 Å². The largest absolute Gasteiger partial charge is 0.464 e. The maximum Gasteiger partial charge on any atom is 0.137 e. The zero-order valence-corrected chi connectivity index (χ0v) is 8.01. The van der Waals surface area contributed by atoms with E-state index >= 15 is 0 Å². The van der Waals surface area contributed by atoms with Crippen molar-refractivity contribution in [2.75, 3.05) is 13.6 Å². The first-order chi connectivity index (χ1) is 6.83. The van der Waals surface area contributed by atoms with Crippen LogP contribution in [0.25, 0.3) is 11.0 Å². The first kappa shape index (κ1) is 9.21. The molecule has 1 N–H and O–H groups in total. The van der Waals surface area contributed by atoms with Gasteiger partial charge in [0.2, 0.25) is 0 Å². The molecule has 1 aromatic carbocycles. The summed E-state index contributed by atoms with van der Waals surface area (Å²) in [5.41, 5.74) is 1.54. The third kappa shape index (κ3) is 1.51. The quantitative estimate of drug-likeness (QED) is 0.809. The lowest BCUT2D eigenvalue weighted by Crippen LogP contribution is -2.10. The van der Waals surface area contributed by atoms with E-state index in [0.29, 0.717) is 11.0 Å². The predicted octanol–water partition coefficient (Wildman–Crippen LogP) is 2.33. The van der Waals surface area contributed by atoms with Crippen molar-refractivity contribution in [2.24, 2.45) is 0 Å². The van der Waals surface area contributed by atoms with Crippen LogP contribution in [-0.2, 0) is 6.42 Å². The van der Waals surface area contributed by atoms with E-state index in [0.717, 1.165) is 18.5 Å². The molecule has 0 spiro atoms. The molecule has 1 heterocycles. The van der Waals surface area contributed by atoms with Gasteiger partial charge in [0.1, 0.15) is 11.4 Å². The summed E-state index contributed by atoms with van der Waals surface area (Å²) >= 11 is 0. The summed E-state index contributed by atoms with van der Waals surface area (Å²) in [4.78, 5) is 0. The third-order valence-corrected chi connectivity index (χ3v) is 2.27. The van der Waals surface area contributed by atoms with E-state index in [-0.39, 0.29) is 5.82 Å². The highest BCUT2D eigenvalue weighted by Crippen LogP contribution is 2.23. The molecule has 0 saturated heterocycles. The standard InChI is InChI=1S/C11H12FNO/c1-13-6-5-8-7-14-10-4-2-3-9(12)11(8)10/h2-4,7,13H,5-6H2,1H3.